The summed E-state index contributed by atoms with van der Waals surface area (Å²) >= 11 is 6.08. The van der Waals surface area contributed by atoms with Crippen LogP contribution in [0.4, 0.5) is 5.82 Å². The molecule has 0 aromatic carbocycles. The highest BCUT2D eigenvalue weighted by molar-refractivity contribution is 6.29. The molecule has 19 heavy (non-hydrogen) atoms. The van der Waals surface area contributed by atoms with Crippen LogP contribution in [-0.4, -0.2) is 28.7 Å². The van der Waals surface area contributed by atoms with E-state index in [2.05, 4.69) is 43.0 Å². The molecule has 0 radical (unpaired) electrons. The van der Waals surface area contributed by atoms with Gasteiger partial charge >= 0.3 is 0 Å². The molecule has 1 aromatic rings. The Balaban J connectivity index is 2.13. The minimum absolute atomic E-state index is 0.117. The molecule has 2 atom stereocenters. The number of hydrogen-bond acceptors (Lipinski definition) is 4. The molecule has 4 nitrogen and oxygen atoms in total. The monoisotopic (exact) mass is 283 g/mol. The molecule has 1 aliphatic rings. The lowest BCUT2D eigenvalue weighted by Gasteiger charge is -2.22. The summed E-state index contributed by atoms with van der Waals surface area (Å²) in [6, 6.07) is 1.99. The van der Waals surface area contributed by atoms with Crippen LogP contribution in [0.15, 0.2) is 6.07 Å². The number of rotatable bonds is 3. The number of nitrogens with one attached hydrogen (secondary N) is 1. The summed E-state index contributed by atoms with van der Waals surface area (Å²) < 4.78 is 5.68. The van der Waals surface area contributed by atoms with Crippen molar-refractivity contribution in [3.05, 3.63) is 17.0 Å². The lowest BCUT2D eigenvalue weighted by Crippen LogP contribution is -2.31. The van der Waals surface area contributed by atoms with Gasteiger partial charge in [0, 0.05) is 18.1 Å². The first kappa shape index (κ1) is 14.5. The number of aromatic nitrogens is 2. The first-order valence-corrected chi connectivity index (χ1v) is 7.17. The van der Waals surface area contributed by atoms with Gasteiger partial charge < -0.3 is 10.1 Å². The van der Waals surface area contributed by atoms with E-state index in [1.165, 1.54) is 0 Å². The minimum atomic E-state index is -0.117. The van der Waals surface area contributed by atoms with Crippen molar-refractivity contribution in [3.63, 3.8) is 0 Å². The zero-order valence-electron chi connectivity index (χ0n) is 12.0. The number of nitrogens with zero attached hydrogens (tertiary/aromatic N) is 2. The predicted octanol–water partition coefficient (Wildman–Crippen LogP) is 3.41. The molecule has 5 heteroatoms. The van der Waals surface area contributed by atoms with E-state index in [9.17, 15) is 0 Å². The second kappa shape index (κ2) is 5.63. The molecule has 1 aromatic heterocycles. The van der Waals surface area contributed by atoms with Crippen molar-refractivity contribution in [2.45, 2.75) is 58.1 Å². The van der Waals surface area contributed by atoms with Crippen LogP contribution in [0.5, 0.6) is 0 Å². The highest BCUT2D eigenvalue weighted by Gasteiger charge is 2.24. The van der Waals surface area contributed by atoms with E-state index in [0.717, 1.165) is 31.1 Å². The first-order valence-electron chi connectivity index (χ1n) is 6.79. The highest BCUT2D eigenvalue weighted by atomic mass is 35.5. The molecule has 1 fully saturated rings. The Kier molecular flexibility index (Phi) is 4.31. The van der Waals surface area contributed by atoms with Crippen molar-refractivity contribution in [2.24, 2.45) is 0 Å². The van der Waals surface area contributed by atoms with Gasteiger partial charge in [0.05, 0.1) is 12.1 Å². The Morgan fingerprint density at radius 1 is 1.42 bits per heavy atom. The molecular formula is C14H22ClN3O. The summed E-state index contributed by atoms with van der Waals surface area (Å²) in [6.45, 7) is 9.20. The van der Waals surface area contributed by atoms with Crippen molar-refractivity contribution in [1.82, 2.24) is 9.97 Å². The maximum Gasteiger partial charge on any atom is 0.137 e. The second-order valence-corrected chi connectivity index (χ2v) is 6.52. The lowest BCUT2D eigenvalue weighted by atomic mass is 9.96. The average Bonchev–Trinajstić information content (AvgIpc) is 2.80. The fraction of sp³-hybridized carbons (Fsp3) is 0.714. The van der Waals surface area contributed by atoms with E-state index in [0.29, 0.717) is 5.15 Å². The molecule has 1 N–H and O–H groups in total. The molecule has 106 valence electrons. The molecule has 2 rings (SSSR count). The summed E-state index contributed by atoms with van der Waals surface area (Å²) in [7, 11) is 0. The van der Waals surface area contributed by atoms with Gasteiger partial charge in [0.15, 0.2) is 0 Å². The zero-order chi connectivity index (χ0) is 14.0. The summed E-state index contributed by atoms with van der Waals surface area (Å²) in [5, 5.41) is 3.85. The maximum atomic E-state index is 6.08. The Morgan fingerprint density at radius 3 is 2.74 bits per heavy atom. The van der Waals surface area contributed by atoms with Crippen LogP contribution in [0, 0.1) is 0 Å². The molecule has 0 aliphatic carbocycles. The molecular weight excluding hydrogens is 262 g/mol. The number of halogens is 1. The maximum absolute atomic E-state index is 6.08. The van der Waals surface area contributed by atoms with E-state index >= 15 is 0 Å². The van der Waals surface area contributed by atoms with Gasteiger partial charge in [-0.1, -0.05) is 32.4 Å². The van der Waals surface area contributed by atoms with Gasteiger partial charge in [-0.2, -0.15) is 0 Å². The first-order chi connectivity index (χ1) is 8.86. The molecule has 0 bridgehead atoms. The van der Waals surface area contributed by atoms with E-state index < -0.39 is 0 Å². The Bertz CT molecular complexity index is 439. The van der Waals surface area contributed by atoms with Crippen LogP contribution in [0.2, 0.25) is 5.15 Å². The third kappa shape index (κ3) is 3.80. The molecule has 2 unspecified atom stereocenters. The van der Waals surface area contributed by atoms with Crippen LogP contribution >= 0.6 is 11.6 Å². The molecule has 0 spiro atoms. The van der Waals surface area contributed by atoms with Crippen LogP contribution < -0.4 is 5.32 Å². The fourth-order valence-corrected chi connectivity index (χ4v) is 2.33. The Labute approximate surface area is 119 Å². The summed E-state index contributed by atoms with van der Waals surface area (Å²) in [5.74, 6) is 1.52. The molecule has 0 saturated carbocycles. The van der Waals surface area contributed by atoms with Gasteiger partial charge in [-0.3, -0.25) is 0 Å². The van der Waals surface area contributed by atoms with Gasteiger partial charge in [-0.15, -0.1) is 0 Å². The molecule has 2 heterocycles. The third-order valence-corrected chi connectivity index (χ3v) is 3.46. The standard InChI is InChI=1S/C14H22ClN3O/c1-9(10-6-5-7-19-10)16-12-8-11(15)17-13(18-12)14(2,3)4/h8-10H,5-7H2,1-4H3,(H,16,17,18). The van der Waals surface area contributed by atoms with Crippen LogP contribution in [-0.2, 0) is 10.2 Å². The van der Waals surface area contributed by atoms with Gasteiger partial charge in [-0.25, -0.2) is 9.97 Å². The third-order valence-electron chi connectivity index (χ3n) is 3.26. The van der Waals surface area contributed by atoms with E-state index in [1.807, 2.05) is 0 Å². The highest BCUT2D eigenvalue weighted by Crippen LogP contribution is 2.24. The van der Waals surface area contributed by atoms with Gasteiger partial charge in [0.25, 0.3) is 0 Å². The van der Waals surface area contributed by atoms with Crippen molar-refractivity contribution >= 4 is 17.4 Å². The quantitative estimate of drug-likeness (QED) is 0.864. The lowest BCUT2D eigenvalue weighted by molar-refractivity contribution is 0.0995. The minimum Gasteiger partial charge on any atom is -0.376 e. The second-order valence-electron chi connectivity index (χ2n) is 6.13. The van der Waals surface area contributed by atoms with Crippen molar-refractivity contribution < 1.29 is 4.74 Å². The molecule has 1 aliphatic heterocycles. The SMILES string of the molecule is CC(Nc1cc(Cl)nc(C(C)(C)C)n1)C1CCCO1. The van der Waals surface area contributed by atoms with E-state index in [-0.39, 0.29) is 17.6 Å². The number of anilines is 1. The van der Waals surface area contributed by atoms with E-state index in [4.69, 9.17) is 16.3 Å². The number of hydrogen-bond donors (Lipinski definition) is 1. The largest absolute Gasteiger partial charge is 0.376 e. The van der Waals surface area contributed by atoms with Crippen LogP contribution in [0.3, 0.4) is 0 Å². The van der Waals surface area contributed by atoms with Gasteiger partial charge in [0.2, 0.25) is 0 Å². The Hall–Kier alpha value is -0.870. The van der Waals surface area contributed by atoms with Crippen LogP contribution in [0.1, 0.15) is 46.4 Å². The van der Waals surface area contributed by atoms with Crippen molar-refractivity contribution in [2.75, 3.05) is 11.9 Å². The van der Waals surface area contributed by atoms with Gasteiger partial charge in [0.1, 0.15) is 16.8 Å². The fourth-order valence-electron chi connectivity index (χ4n) is 2.15. The Morgan fingerprint density at radius 2 is 2.16 bits per heavy atom. The zero-order valence-corrected chi connectivity index (χ0v) is 12.8. The van der Waals surface area contributed by atoms with Crippen molar-refractivity contribution in [1.29, 1.82) is 0 Å². The van der Waals surface area contributed by atoms with Gasteiger partial charge in [-0.05, 0) is 19.8 Å². The van der Waals surface area contributed by atoms with Crippen LogP contribution in [0.25, 0.3) is 0 Å². The summed E-state index contributed by atoms with van der Waals surface area (Å²) in [5.41, 5.74) is -0.117. The normalized spacial score (nSPS) is 21.4. The molecule has 0 amide bonds. The summed E-state index contributed by atoms with van der Waals surface area (Å²) in [6.07, 6.45) is 2.49. The average molecular weight is 284 g/mol. The smallest absolute Gasteiger partial charge is 0.137 e. The van der Waals surface area contributed by atoms with E-state index in [1.54, 1.807) is 6.07 Å². The predicted molar refractivity (Wildman–Crippen MR) is 77.8 cm³/mol. The molecule has 1 saturated heterocycles. The van der Waals surface area contributed by atoms with Crippen molar-refractivity contribution in [3.8, 4) is 0 Å². The number of ether oxygens (including phenoxy) is 1. The summed E-state index contributed by atoms with van der Waals surface area (Å²) in [4.78, 5) is 8.85. The topological polar surface area (TPSA) is 47.0 Å².